The maximum Gasteiger partial charge on any atom is 0.104 e. The molecule has 0 amide bonds. The van der Waals surface area contributed by atoms with Crippen molar-refractivity contribution in [3.8, 4) is 0 Å². The van der Waals surface area contributed by atoms with Crippen molar-refractivity contribution >= 4 is 0 Å². The summed E-state index contributed by atoms with van der Waals surface area (Å²) >= 11 is 0. The monoisotopic (exact) mass is 973 g/mol. The maximum atomic E-state index is 6.74. The van der Waals surface area contributed by atoms with Crippen molar-refractivity contribution in [2.75, 3.05) is 0 Å². The Labute approximate surface area is 441 Å². The third-order valence-electron chi connectivity index (χ3n) is 21.7. The molecule has 2 saturated carbocycles. The second-order valence-corrected chi connectivity index (χ2v) is 25.3. The number of allylic oxidation sites excluding steroid dienone is 25. The molecule has 3 nitrogen and oxygen atoms in total. The Morgan fingerprint density at radius 1 is 0.699 bits per heavy atom. The van der Waals surface area contributed by atoms with Crippen LogP contribution >= 0.6 is 0 Å². The summed E-state index contributed by atoms with van der Waals surface area (Å²) in [6.45, 7) is 6.54. The molecular formula is C70H88N2O. The molecule has 0 N–H and O–H groups in total. The molecule has 0 aromatic heterocycles. The molecule has 0 bridgehead atoms. The van der Waals surface area contributed by atoms with Gasteiger partial charge in [0.05, 0.1) is 11.8 Å². The van der Waals surface area contributed by atoms with Crippen LogP contribution in [0.1, 0.15) is 180 Å². The highest BCUT2D eigenvalue weighted by Gasteiger charge is 2.59. The van der Waals surface area contributed by atoms with Crippen LogP contribution in [0.15, 0.2) is 178 Å². The molecule has 384 valence electrons. The molecule has 1 aliphatic heterocycles. The van der Waals surface area contributed by atoms with Crippen LogP contribution in [0.3, 0.4) is 0 Å². The van der Waals surface area contributed by atoms with Gasteiger partial charge in [0, 0.05) is 65.2 Å². The van der Waals surface area contributed by atoms with Gasteiger partial charge in [-0.2, -0.15) is 0 Å². The van der Waals surface area contributed by atoms with Crippen molar-refractivity contribution < 1.29 is 4.74 Å². The minimum absolute atomic E-state index is 0.121. The molecule has 0 aromatic carbocycles. The van der Waals surface area contributed by atoms with Crippen LogP contribution in [0.4, 0.5) is 0 Å². The van der Waals surface area contributed by atoms with E-state index in [-0.39, 0.29) is 5.41 Å². The van der Waals surface area contributed by atoms with Crippen molar-refractivity contribution in [2.45, 2.75) is 198 Å². The Kier molecular flexibility index (Phi) is 13.8. The van der Waals surface area contributed by atoms with Gasteiger partial charge < -0.3 is 14.5 Å². The van der Waals surface area contributed by atoms with Gasteiger partial charge in [-0.25, -0.2) is 0 Å². The lowest BCUT2D eigenvalue weighted by molar-refractivity contribution is 0.0889. The first-order chi connectivity index (χ1) is 36.1. The van der Waals surface area contributed by atoms with E-state index in [1.165, 1.54) is 159 Å². The van der Waals surface area contributed by atoms with Crippen molar-refractivity contribution in [1.29, 1.82) is 0 Å². The number of hydrogen-bond donors (Lipinski definition) is 0. The number of rotatable bonds is 11. The summed E-state index contributed by atoms with van der Waals surface area (Å²) in [5.74, 6) is 7.49. The Hall–Kier alpha value is -4.50. The zero-order valence-corrected chi connectivity index (χ0v) is 44.8. The zero-order valence-electron chi connectivity index (χ0n) is 44.8. The highest BCUT2D eigenvalue weighted by Crippen LogP contribution is 2.68. The first-order valence-corrected chi connectivity index (χ1v) is 30.6. The van der Waals surface area contributed by atoms with Gasteiger partial charge in [-0.1, -0.05) is 159 Å². The van der Waals surface area contributed by atoms with E-state index in [1.54, 1.807) is 33.8 Å². The van der Waals surface area contributed by atoms with Gasteiger partial charge in [0.2, 0.25) is 0 Å². The zero-order chi connectivity index (χ0) is 48.9. The summed E-state index contributed by atoms with van der Waals surface area (Å²) in [5.41, 5.74) is 15.3. The fraction of sp³-hybridized carbons (Fsp3) is 0.571. The molecule has 11 atom stereocenters. The summed E-state index contributed by atoms with van der Waals surface area (Å²) in [5, 5.41) is 0. The Morgan fingerprint density at radius 3 is 2.36 bits per heavy atom. The molecule has 3 fully saturated rings. The minimum Gasteiger partial charge on any atom is -0.466 e. The van der Waals surface area contributed by atoms with E-state index in [2.05, 4.69) is 127 Å². The fourth-order valence-corrected chi connectivity index (χ4v) is 18.5. The number of ether oxygens (including phenoxy) is 1. The standard InChI is InChI=1S/C70H88N2O/c1-3-49-30-40-58(41-31-49)73-59-42-35-54(36-43-59)70(53-21-9-5-10-22-53)64-27-15-13-26-61(64)62-44-39-57(47-65(62)70)71(66-28-16-14-25-60(66)51-19-7-4-8-20-51)56-37-32-50(33-38-56)52-34-45-67-63(46-52)69-48(2)18-17-29-68(69)72(67)55-23-11-6-12-24-55/h3-5,7,9,17-19,21,28-30,37,39-40,42,44,46,48,50,54-55,57,60-61,63-64,67,69H,1,6,8,10-16,20,22-27,31-36,38,41,43,45,47H2,2H3. The topological polar surface area (TPSA) is 15.7 Å². The van der Waals surface area contributed by atoms with Gasteiger partial charge in [0.1, 0.15) is 5.76 Å². The van der Waals surface area contributed by atoms with Crippen molar-refractivity contribution in [1.82, 2.24) is 9.80 Å². The van der Waals surface area contributed by atoms with Crippen LogP contribution in [0.2, 0.25) is 0 Å². The Morgan fingerprint density at radius 2 is 1.58 bits per heavy atom. The van der Waals surface area contributed by atoms with Gasteiger partial charge in [-0.05, 0) is 187 Å². The molecule has 13 aliphatic rings. The average molecular weight is 973 g/mol. The predicted octanol–water partition coefficient (Wildman–Crippen LogP) is 18.2. The van der Waals surface area contributed by atoms with Crippen LogP contribution in [-0.2, 0) is 4.74 Å². The fourth-order valence-electron chi connectivity index (χ4n) is 18.5. The highest BCUT2D eigenvalue weighted by molar-refractivity contribution is 5.52. The van der Waals surface area contributed by atoms with E-state index in [4.69, 9.17) is 4.74 Å². The summed E-state index contributed by atoms with van der Waals surface area (Å²) in [7, 11) is 0. The maximum absolute atomic E-state index is 6.74. The molecule has 13 rings (SSSR count). The molecule has 1 saturated heterocycles. The van der Waals surface area contributed by atoms with Crippen LogP contribution in [0.5, 0.6) is 0 Å². The Balaban J connectivity index is 0.832. The molecule has 12 aliphatic carbocycles. The molecule has 73 heavy (non-hydrogen) atoms. The van der Waals surface area contributed by atoms with Gasteiger partial charge in [-0.15, -0.1) is 0 Å². The average Bonchev–Trinajstić information content (AvgIpc) is 3.95. The lowest BCUT2D eigenvalue weighted by atomic mass is 9.53. The second-order valence-electron chi connectivity index (χ2n) is 25.3. The summed E-state index contributed by atoms with van der Waals surface area (Å²) < 4.78 is 6.74. The van der Waals surface area contributed by atoms with Crippen LogP contribution in [-0.4, -0.2) is 27.9 Å². The van der Waals surface area contributed by atoms with Gasteiger partial charge in [0.25, 0.3) is 0 Å². The van der Waals surface area contributed by atoms with E-state index in [0.29, 0.717) is 59.4 Å². The van der Waals surface area contributed by atoms with Gasteiger partial charge in [-0.3, -0.25) is 0 Å². The number of fused-ring (bicyclic) bond motifs is 5. The molecule has 0 radical (unpaired) electrons. The van der Waals surface area contributed by atoms with Crippen molar-refractivity contribution in [3.05, 3.63) is 178 Å². The lowest BCUT2D eigenvalue weighted by Gasteiger charge is -2.52. The first-order valence-electron chi connectivity index (χ1n) is 30.6. The molecule has 0 aromatic rings. The van der Waals surface area contributed by atoms with E-state index in [9.17, 15) is 0 Å². The summed E-state index contributed by atoms with van der Waals surface area (Å²) in [6.07, 6.45) is 79.3. The van der Waals surface area contributed by atoms with E-state index >= 15 is 0 Å². The van der Waals surface area contributed by atoms with E-state index in [1.807, 2.05) is 17.2 Å². The third-order valence-corrected chi connectivity index (χ3v) is 21.7. The molecule has 3 heteroatoms. The summed E-state index contributed by atoms with van der Waals surface area (Å²) in [4.78, 5) is 6.05. The van der Waals surface area contributed by atoms with Crippen LogP contribution in [0.25, 0.3) is 0 Å². The van der Waals surface area contributed by atoms with Crippen LogP contribution in [0, 0.1) is 52.8 Å². The normalized spacial score (nSPS) is 37.2. The largest absolute Gasteiger partial charge is 0.466 e. The Bertz CT molecular complexity index is 2610. The number of nitrogens with zero attached hydrogens (tertiary/aromatic N) is 2. The minimum atomic E-state index is 0.121. The SMILES string of the molecule is C=CC1=CC=C(OC2=CCC(C3(C4=CC=CCC4)C4=C(C=CC(N(C5=CCC(C6=CC7C8C(=CC=CC8C)N(C8CCCCC8)C7CC6)CC5)C5=CCCCC5C5=CC=CCC5)C4)C4CCCCC43)CC2)CC1. The number of hydrogen-bond acceptors (Lipinski definition) is 3. The molecule has 1 heterocycles. The molecule has 0 spiro atoms. The third kappa shape index (κ3) is 8.79. The van der Waals surface area contributed by atoms with E-state index < -0.39 is 0 Å². The second kappa shape index (κ2) is 20.9. The quantitative estimate of drug-likeness (QED) is 0.192. The lowest BCUT2D eigenvalue weighted by Crippen LogP contribution is -2.45. The first kappa shape index (κ1) is 48.2. The van der Waals surface area contributed by atoms with Crippen LogP contribution < -0.4 is 0 Å². The molecule has 11 unspecified atom stereocenters. The highest BCUT2D eigenvalue weighted by atomic mass is 16.5. The van der Waals surface area contributed by atoms with E-state index in [0.717, 1.165) is 37.5 Å². The van der Waals surface area contributed by atoms with Gasteiger partial charge in [0.15, 0.2) is 0 Å². The smallest absolute Gasteiger partial charge is 0.104 e. The molecular weight excluding hydrogens is 885 g/mol. The summed E-state index contributed by atoms with van der Waals surface area (Å²) in [6, 6.07) is 1.80. The van der Waals surface area contributed by atoms with Crippen molar-refractivity contribution in [2.24, 2.45) is 52.8 Å². The number of likely N-dealkylation sites (tertiary alicyclic amines) is 1. The predicted molar refractivity (Wildman–Crippen MR) is 303 cm³/mol. The van der Waals surface area contributed by atoms with Crippen molar-refractivity contribution in [3.63, 3.8) is 0 Å². The van der Waals surface area contributed by atoms with Gasteiger partial charge >= 0.3 is 0 Å².